The van der Waals surface area contributed by atoms with Crippen LogP contribution in [0.15, 0.2) is 18.2 Å². The molecule has 0 N–H and O–H groups in total. The van der Waals surface area contributed by atoms with Gasteiger partial charge in [-0.2, -0.15) is 18.4 Å². The zero-order valence-electron chi connectivity index (χ0n) is 12.9. The molecule has 0 spiro atoms. The van der Waals surface area contributed by atoms with Gasteiger partial charge in [0.15, 0.2) is 0 Å². The van der Waals surface area contributed by atoms with Crippen LogP contribution in [-0.2, 0) is 11.0 Å². The van der Waals surface area contributed by atoms with Crippen molar-refractivity contribution < 1.29 is 18.0 Å². The zero-order chi connectivity index (χ0) is 17.6. The first-order valence-corrected chi connectivity index (χ1v) is 7.39. The molecule has 1 fully saturated rings. The lowest BCUT2D eigenvalue weighted by atomic mass is 9.78. The topological polar surface area (TPSA) is 44.1 Å². The molecule has 0 saturated carbocycles. The molecule has 1 aliphatic rings. The van der Waals surface area contributed by atoms with E-state index in [4.69, 9.17) is 17.5 Å². The van der Waals surface area contributed by atoms with Gasteiger partial charge in [-0.25, -0.2) is 0 Å². The van der Waals surface area contributed by atoms with Crippen LogP contribution < -0.4 is 4.90 Å². The van der Waals surface area contributed by atoms with Gasteiger partial charge in [-0.3, -0.25) is 9.69 Å². The maximum atomic E-state index is 13.1. The molecule has 1 amide bonds. The summed E-state index contributed by atoms with van der Waals surface area (Å²) >= 11 is 5.27. The minimum atomic E-state index is -4.68. The lowest BCUT2D eigenvalue weighted by molar-refractivity contribution is -0.137. The summed E-state index contributed by atoms with van der Waals surface area (Å²) in [5, 5.41) is 8.86. The highest BCUT2D eigenvalue weighted by molar-refractivity contribution is 7.80. The predicted molar refractivity (Wildman–Crippen MR) is 83.8 cm³/mol. The molecule has 1 aliphatic heterocycles. The van der Waals surface area contributed by atoms with Crippen molar-refractivity contribution in [2.75, 3.05) is 4.90 Å². The largest absolute Gasteiger partial charge is 0.417 e. The summed E-state index contributed by atoms with van der Waals surface area (Å²) in [6.07, 6.45) is -4.13. The fourth-order valence-electron chi connectivity index (χ4n) is 2.81. The number of carbonyl (C=O) groups excluding carboxylic acids is 1. The number of thiocarbonyl (C=S) groups is 1. The molecule has 1 aromatic rings. The van der Waals surface area contributed by atoms with Crippen molar-refractivity contribution in [3.05, 3.63) is 29.3 Å². The molecular weight excluding hydrogens is 325 g/mol. The van der Waals surface area contributed by atoms with Crippen LogP contribution in [-0.4, -0.2) is 10.9 Å². The summed E-state index contributed by atoms with van der Waals surface area (Å²) < 4.78 is 39.4. The smallest absolute Gasteiger partial charge is 0.274 e. The van der Waals surface area contributed by atoms with Crippen molar-refractivity contribution in [1.29, 1.82) is 5.26 Å². The van der Waals surface area contributed by atoms with Gasteiger partial charge in [0.05, 0.1) is 27.9 Å². The van der Waals surface area contributed by atoms with E-state index in [1.165, 1.54) is 17.0 Å². The van der Waals surface area contributed by atoms with Crippen LogP contribution in [0.3, 0.4) is 0 Å². The molecule has 122 valence electrons. The Morgan fingerprint density at radius 2 is 2.00 bits per heavy atom. The number of halogens is 3. The molecule has 0 aliphatic carbocycles. The third-order valence-electron chi connectivity index (χ3n) is 3.93. The molecular formula is C16H15F3N2OS. The predicted octanol–water partition coefficient (Wildman–Crippen LogP) is 4.30. The first kappa shape index (κ1) is 17.4. The molecule has 0 aromatic heterocycles. The minimum absolute atomic E-state index is 0.0472. The summed E-state index contributed by atoms with van der Waals surface area (Å²) in [6, 6.07) is 4.74. The quantitative estimate of drug-likeness (QED) is 0.716. The van der Waals surface area contributed by atoms with E-state index in [0.717, 1.165) is 12.1 Å². The fourth-order valence-corrected chi connectivity index (χ4v) is 3.08. The number of anilines is 1. The number of nitriles is 1. The van der Waals surface area contributed by atoms with E-state index in [1.54, 1.807) is 13.8 Å². The van der Waals surface area contributed by atoms with Gasteiger partial charge in [-0.05, 0) is 24.6 Å². The molecule has 0 bridgehead atoms. The van der Waals surface area contributed by atoms with Crippen molar-refractivity contribution in [3.63, 3.8) is 0 Å². The van der Waals surface area contributed by atoms with E-state index in [2.05, 4.69) is 0 Å². The van der Waals surface area contributed by atoms with Crippen LogP contribution in [0.4, 0.5) is 18.9 Å². The average Bonchev–Trinajstić information content (AvgIpc) is 2.44. The summed E-state index contributed by atoms with van der Waals surface area (Å²) in [7, 11) is 0. The number of hydrogen-bond donors (Lipinski definition) is 0. The number of hydrogen-bond acceptors (Lipinski definition) is 3. The monoisotopic (exact) mass is 340 g/mol. The van der Waals surface area contributed by atoms with Gasteiger partial charge in [-0.15, -0.1) is 0 Å². The number of nitrogens with zero attached hydrogens (tertiary/aromatic N) is 2. The van der Waals surface area contributed by atoms with Gasteiger partial charge in [-0.1, -0.05) is 33.0 Å². The Morgan fingerprint density at radius 1 is 1.39 bits per heavy atom. The normalized spacial score (nSPS) is 21.3. The summed E-state index contributed by atoms with van der Waals surface area (Å²) in [5.74, 6) is -0.443. The lowest BCUT2D eigenvalue weighted by Crippen LogP contribution is -2.52. The van der Waals surface area contributed by atoms with Crippen molar-refractivity contribution >= 4 is 28.8 Å². The summed E-state index contributed by atoms with van der Waals surface area (Å²) in [6.45, 7) is 5.34. The molecule has 23 heavy (non-hydrogen) atoms. The highest BCUT2D eigenvalue weighted by Crippen LogP contribution is 2.40. The van der Waals surface area contributed by atoms with Crippen LogP contribution in [0.2, 0.25) is 0 Å². The zero-order valence-corrected chi connectivity index (χ0v) is 13.7. The second kappa shape index (κ2) is 5.60. The lowest BCUT2D eigenvalue weighted by Gasteiger charge is -2.41. The number of rotatable bonds is 1. The van der Waals surface area contributed by atoms with Crippen LogP contribution in [0.5, 0.6) is 0 Å². The van der Waals surface area contributed by atoms with Gasteiger partial charge in [0.2, 0.25) is 5.91 Å². The van der Waals surface area contributed by atoms with Gasteiger partial charge in [0.25, 0.3) is 0 Å². The molecule has 1 saturated heterocycles. The van der Waals surface area contributed by atoms with Crippen LogP contribution in [0, 0.1) is 22.7 Å². The molecule has 0 radical (unpaired) electrons. The third-order valence-corrected chi connectivity index (χ3v) is 4.51. The Morgan fingerprint density at radius 3 is 2.52 bits per heavy atom. The SMILES string of the molecule is CC1CC(C)(C)C(=O)N(c2ccc(C#N)c(C(F)(F)F)c2)C1=S. The molecule has 1 aromatic carbocycles. The first-order chi connectivity index (χ1) is 10.5. The molecule has 1 unspecified atom stereocenters. The number of carbonyl (C=O) groups is 1. The Labute approximate surface area is 137 Å². The van der Waals surface area contributed by atoms with Crippen LogP contribution in [0.1, 0.15) is 38.3 Å². The molecule has 3 nitrogen and oxygen atoms in total. The van der Waals surface area contributed by atoms with E-state index >= 15 is 0 Å². The van der Waals surface area contributed by atoms with E-state index in [0.29, 0.717) is 11.4 Å². The third kappa shape index (κ3) is 3.08. The summed E-state index contributed by atoms with van der Waals surface area (Å²) in [5.41, 5.74) is -2.22. The Hall–Kier alpha value is -1.94. The fraction of sp³-hybridized carbons (Fsp3) is 0.438. The Bertz CT molecular complexity index is 719. The van der Waals surface area contributed by atoms with Gasteiger partial charge in [0, 0.05) is 11.3 Å². The number of piperidine rings is 1. The Balaban J connectivity index is 2.59. The standard InChI is InChI=1S/C16H15F3N2OS/c1-9-7-15(2,3)14(22)21(13(9)23)11-5-4-10(8-20)12(6-11)16(17,18)19/h4-6,9H,7H2,1-3H3. The van der Waals surface area contributed by atoms with E-state index in [9.17, 15) is 18.0 Å². The maximum Gasteiger partial charge on any atom is 0.417 e. The van der Waals surface area contributed by atoms with Gasteiger partial charge in [0.1, 0.15) is 0 Å². The van der Waals surface area contributed by atoms with Crippen molar-refractivity contribution in [2.24, 2.45) is 11.3 Å². The molecule has 7 heteroatoms. The van der Waals surface area contributed by atoms with E-state index in [1.807, 2.05) is 6.92 Å². The van der Waals surface area contributed by atoms with E-state index < -0.39 is 22.7 Å². The highest BCUT2D eigenvalue weighted by Gasteiger charge is 2.43. The number of alkyl halides is 3. The summed E-state index contributed by atoms with van der Waals surface area (Å²) in [4.78, 5) is 14.1. The Kier molecular flexibility index (Phi) is 4.24. The number of amides is 1. The van der Waals surface area contributed by atoms with Crippen molar-refractivity contribution in [1.82, 2.24) is 0 Å². The van der Waals surface area contributed by atoms with Crippen molar-refractivity contribution in [3.8, 4) is 6.07 Å². The average molecular weight is 340 g/mol. The molecule has 2 rings (SSSR count). The van der Waals surface area contributed by atoms with Crippen LogP contribution >= 0.6 is 12.2 Å². The van der Waals surface area contributed by atoms with Crippen molar-refractivity contribution in [2.45, 2.75) is 33.4 Å². The highest BCUT2D eigenvalue weighted by atomic mass is 32.1. The first-order valence-electron chi connectivity index (χ1n) is 6.99. The molecule has 1 heterocycles. The van der Waals surface area contributed by atoms with Gasteiger partial charge < -0.3 is 0 Å². The number of benzene rings is 1. The minimum Gasteiger partial charge on any atom is -0.274 e. The van der Waals surface area contributed by atoms with E-state index in [-0.39, 0.29) is 17.5 Å². The maximum absolute atomic E-state index is 13.1. The molecule has 1 atom stereocenters. The second-order valence-electron chi connectivity index (χ2n) is 6.31. The second-order valence-corrected chi connectivity index (χ2v) is 6.73. The van der Waals surface area contributed by atoms with Gasteiger partial charge >= 0.3 is 6.18 Å². The van der Waals surface area contributed by atoms with Crippen LogP contribution in [0.25, 0.3) is 0 Å².